The Morgan fingerprint density at radius 2 is 2.00 bits per heavy atom. The highest BCUT2D eigenvalue weighted by atomic mass is 16.5. The maximum absolute atomic E-state index is 9.79. The first-order valence-electron chi connectivity index (χ1n) is 10.1. The van der Waals surface area contributed by atoms with E-state index in [1.165, 1.54) is 19.3 Å². The Balaban J connectivity index is 1.73. The number of nitriles is 1. The molecule has 0 amide bonds. The fourth-order valence-corrected chi connectivity index (χ4v) is 4.38. The Bertz CT molecular complexity index is 902. The van der Waals surface area contributed by atoms with Crippen molar-refractivity contribution in [3.05, 3.63) is 41.3 Å². The van der Waals surface area contributed by atoms with Crippen LogP contribution >= 0.6 is 0 Å². The van der Waals surface area contributed by atoms with Crippen LogP contribution in [0.5, 0.6) is 11.6 Å². The molecule has 0 saturated heterocycles. The number of aromatic nitrogens is 2. The van der Waals surface area contributed by atoms with E-state index in [-0.39, 0.29) is 11.8 Å². The predicted octanol–water partition coefficient (Wildman–Crippen LogP) is 4.62. The number of nitrogens with two attached hydrogens (primary N) is 1. The van der Waals surface area contributed by atoms with E-state index in [9.17, 15) is 5.26 Å². The number of allylic oxidation sites excluding steroid dienone is 1. The van der Waals surface area contributed by atoms with Gasteiger partial charge in [0.15, 0.2) is 0 Å². The quantitative estimate of drug-likeness (QED) is 0.791. The fourth-order valence-electron chi connectivity index (χ4n) is 4.38. The lowest BCUT2D eigenvalue weighted by Crippen LogP contribution is -2.26. The largest absolute Gasteiger partial charge is 0.494 e. The van der Waals surface area contributed by atoms with Crippen molar-refractivity contribution in [2.24, 2.45) is 11.7 Å². The van der Waals surface area contributed by atoms with Gasteiger partial charge in [0, 0.05) is 11.5 Å². The SMILES string of the molecule is CCCOc1ccc(-c2[nH]nc3c2C(C2CCCCC2)C(C#N)=C(N)O3)cc1. The van der Waals surface area contributed by atoms with Crippen LogP contribution in [0, 0.1) is 17.2 Å². The Morgan fingerprint density at radius 3 is 2.68 bits per heavy atom. The Morgan fingerprint density at radius 1 is 1.25 bits per heavy atom. The lowest BCUT2D eigenvalue weighted by atomic mass is 9.72. The highest BCUT2D eigenvalue weighted by Crippen LogP contribution is 2.49. The lowest BCUT2D eigenvalue weighted by molar-refractivity contribution is 0.297. The van der Waals surface area contributed by atoms with Gasteiger partial charge in [-0.2, -0.15) is 5.26 Å². The summed E-state index contributed by atoms with van der Waals surface area (Å²) in [4.78, 5) is 0. The van der Waals surface area contributed by atoms with Gasteiger partial charge >= 0.3 is 0 Å². The number of aromatic amines is 1. The first kappa shape index (κ1) is 18.4. The second-order valence-corrected chi connectivity index (χ2v) is 7.56. The molecule has 3 N–H and O–H groups in total. The second-order valence-electron chi connectivity index (χ2n) is 7.56. The van der Waals surface area contributed by atoms with Crippen LogP contribution in [0.2, 0.25) is 0 Å². The van der Waals surface area contributed by atoms with Crippen LogP contribution < -0.4 is 15.2 Å². The van der Waals surface area contributed by atoms with E-state index in [1.807, 2.05) is 24.3 Å². The summed E-state index contributed by atoms with van der Waals surface area (Å²) >= 11 is 0. The molecule has 6 heteroatoms. The molecule has 0 bridgehead atoms. The lowest BCUT2D eigenvalue weighted by Gasteiger charge is -2.33. The molecule has 2 aliphatic rings. The van der Waals surface area contributed by atoms with Crippen LogP contribution in [-0.4, -0.2) is 16.8 Å². The molecule has 2 aromatic rings. The summed E-state index contributed by atoms with van der Waals surface area (Å²) in [5.74, 6) is 1.84. The molecule has 1 fully saturated rings. The van der Waals surface area contributed by atoms with Crippen molar-refractivity contribution in [2.45, 2.75) is 51.4 Å². The first-order valence-corrected chi connectivity index (χ1v) is 10.1. The number of nitrogens with one attached hydrogen (secondary N) is 1. The van der Waals surface area contributed by atoms with E-state index in [1.54, 1.807) is 0 Å². The molecule has 1 aromatic carbocycles. The molecule has 1 atom stereocenters. The maximum Gasteiger partial charge on any atom is 0.244 e. The summed E-state index contributed by atoms with van der Waals surface area (Å²) in [6, 6.07) is 10.3. The topological polar surface area (TPSA) is 97.0 Å². The van der Waals surface area contributed by atoms with Crippen LogP contribution in [0.15, 0.2) is 35.7 Å². The Hall–Kier alpha value is -2.94. The van der Waals surface area contributed by atoms with Gasteiger partial charge in [-0.05, 0) is 49.4 Å². The Kier molecular flexibility index (Phi) is 5.25. The number of H-pyrrole nitrogens is 1. The van der Waals surface area contributed by atoms with Crippen LogP contribution in [0.4, 0.5) is 0 Å². The minimum atomic E-state index is -0.0705. The highest BCUT2D eigenvalue weighted by Gasteiger charge is 2.39. The molecule has 146 valence electrons. The molecule has 1 unspecified atom stereocenters. The van der Waals surface area contributed by atoms with E-state index < -0.39 is 0 Å². The van der Waals surface area contributed by atoms with Gasteiger partial charge in [-0.15, -0.1) is 5.10 Å². The summed E-state index contributed by atoms with van der Waals surface area (Å²) in [6.07, 6.45) is 6.79. The zero-order valence-corrected chi connectivity index (χ0v) is 16.2. The number of nitrogens with zero attached hydrogens (tertiary/aromatic N) is 2. The zero-order chi connectivity index (χ0) is 19.5. The standard InChI is InChI=1S/C22H26N4O2/c1-2-12-27-16-10-8-15(9-11-16)20-19-18(14-6-4-3-5-7-14)17(13-23)21(24)28-22(19)26-25-20/h8-11,14,18H,2-7,12,24H2,1H3,(H,25,26). The zero-order valence-electron chi connectivity index (χ0n) is 16.2. The van der Waals surface area contributed by atoms with Gasteiger partial charge in [-0.3, -0.25) is 5.10 Å². The monoisotopic (exact) mass is 378 g/mol. The van der Waals surface area contributed by atoms with Gasteiger partial charge in [0.05, 0.1) is 23.4 Å². The molecule has 1 aliphatic heterocycles. The van der Waals surface area contributed by atoms with Crippen molar-refractivity contribution in [3.63, 3.8) is 0 Å². The molecule has 4 rings (SSSR count). The van der Waals surface area contributed by atoms with Crippen LogP contribution in [0.3, 0.4) is 0 Å². The third-order valence-corrected chi connectivity index (χ3v) is 5.72. The van der Waals surface area contributed by atoms with Gasteiger partial charge in [0.25, 0.3) is 0 Å². The van der Waals surface area contributed by atoms with Crippen molar-refractivity contribution in [1.29, 1.82) is 5.26 Å². The number of hydrogen-bond donors (Lipinski definition) is 2. The number of ether oxygens (including phenoxy) is 2. The number of fused-ring (bicyclic) bond motifs is 1. The van der Waals surface area contributed by atoms with Crippen LogP contribution in [0.25, 0.3) is 11.3 Å². The molecular weight excluding hydrogens is 352 g/mol. The fraction of sp³-hybridized carbons (Fsp3) is 0.455. The summed E-state index contributed by atoms with van der Waals surface area (Å²) in [5.41, 5.74) is 9.47. The molecule has 28 heavy (non-hydrogen) atoms. The van der Waals surface area contributed by atoms with Gasteiger partial charge < -0.3 is 15.2 Å². The summed E-state index contributed by atoms with van der Waals surface area (Å²) in [5, 5.41) is 17.3. The maximum atomic E-state index is 9.79. The average Bonchev–Trinajstić information content (AvgIpc) is 3.15. The van der Waals surface area contributed by atoms with Gasteiger partial charge in [0.1, 0.15) is 11.8 Å². The number of benzene rings is 1. The molecule has 0 radical (unpaired) electrons. The van der Waals surface area contributed by atoms with Crippen molar-refractivity contribution in [2.75, 3.05) is 6.61 Å². The predicted molar refractivity (Wildman–Crippen MR) is 107 cm³/mol. The van der Waals surface area contributed by atoms with E-state index >= 15 is 0 Å². The summed E-state index contributed by atoms with van der Waals surface area (Å²) in [7, 11) is 0. The van der Waals surface area contributed by atoms with Gasteiger partial charge in [-0.1, -0.05) is 26.2 Å². The van der Waals surface area contributed by atoms with Crippen molar-refractivity contribution in [1.82, 2.24) is 10.2 Å². The molecular formula is C22H26N4O2. The van der Waals surface area contributed by atoms with E-state index in [0.29, 0.717) is 24.0 Å². The second kappa shape index (κ2) is 7.97. The number of rotatable bonds is 5. The van der Waals surface area contributed by atoms with Crippen molar-refractivity contribution < 1.29 is 9.47 Å². The average molecular weight is 378 g/mol. The van der Waals surface area contributed by atoms with E-state index in [2.05, 4.69) is 23.2 Å². The minimum absolute atomic E-state index is 0.0705. The third-order valence-electron chi connectivity index (χ3n) is 5.72. The molecule has 0 spiro atoms. The normalized spacial score (nSPS) is 19.6. The smallest absolute Gasteiger partial charge is 0.244 e. The summed E-state index contributed by atoms with van der Waals surface area (Å²) in [6.45, 7) is 2.79. The van der Waals surface area contributed by atoms with Crippen LogP contribution in [0.1, 0.15) is 56.9 Å². The first-order chi connectivity index (χ1) is 13.7. The van der Waals surface area contributed by atoms with Crippen LogP contribution in [-0.2, 0) is 0 Å². The molecule has 1 aliphatic carbocycles. The molecule has 6 nitrogen and oxygen atoms in total. The van der Waals surface area contributed by atoms with Crippen molar-refractivity contribution in [3.8, 4) is 29.0 Å². The van der Waals surface area contributed by atoms with Crippen molar-refractivity contribution >= 4 is 0 Å². The number of hydrogen-bond acceptors (Lipinski definition) is 5. The molecule has 1 saturated carbocycles. The van der Waals surface area contributed by atoms with E-state index in [4.69, 9.17) is 15.2 Å². The minimum Gasteiger partial charge on any atom is -0.494 e. The Labute approximate surface area is 165 Å². The highest BCUT2D eigenvalue weighted by molar-refractivity contribution is 5.69. The van der Waals surface area contributed by atoms with Gasteiger partial charge in [-0.25, -0.2) is 0 Å². The molecule has 2 heterocycles. The van der Waals surface area contributed by atoms with Gasteiger partial charge in [0.2, 0.25) is 11.8 Å². The molecule has 1 aromatic heterocycles. The van der Waals surface area contributed by atoms with E-state index in [0.717, 1.165) is 41.8 Å². The summed E-state index contributed by atoms with van der Waals surface area (Å²) < 4.78 is 11.4. The third kappa shape index (κ3) is 3.33.